The topological polar surface area (TPSA) is 3.24 Å². The van der Waals surface area contributed by atoms with Gasteiger partial charge in [-0.15, -0.1) is 0 Å². The van der Waals surface area contributed by atoms with Gasteiger partial charge in [0, 0.05) is 5.54 Å². The van der Waals surface area contributed by atoms with Crippen molar-refractivity contribution in [1.82, 2.24) is 4.90 Å². The molecule has 0 N–H and O–H groups in total. The highest BCUT2D eigenvalue weighted by atomic mass is 15.2. The Kier molecular flexibility index (Phi) is 3.01. The van der Waals surface area contributed by atoms with E-state index in [1.165, 1.54) is 45.1 Å². The molecule has 98 valence electrons. The third kappa shape index (κ3) is 1.77. The van der Waals surface area contributed by atoms with E-state index < -0.39 is 0 Å². The first-order valence-electron chi connectivity index (χ1n) is 7.84. The van der Waals surface area contributed by atoms with Crippen LogP contribution >= 0.6 is 0 Å². The lowest BCUT2D eigenvalue weighted by atomic mass is 9.54. The second-order valence-corrected chi connectivity index (χ2v) is 7.38. The van der Waals surface area contributed by atoms with Crippen molar-refractivity contribution in [2.24, 2.45) is 23.7 Å². The molecular weight excluding hydrogens is 206 g/mol. The lowest BCUT2D eigenvalue weighted by molar-refractivity contribution is -0.0956. The predicted molar refractivity (Wildman–Crippen MR) is 73.0 cm³/mol. The molecule has 3 rings (SSSR count). The zero-order valence-electron chi connectivity index (χ0n) is 11.9. The van der Waals surface area contributed by atoms with Crippen molar-refractivity contribution in [2.45, 2.75) is 64.3 Å². The molecule has 5 unspecified atom stereocenters. The molecule has 1 aliphatic heterocycles. The number of rotatable bonds is 0. The first kappa shape index (κ1) is 12.0. The van der Waals surface area contributed by atoms with Crippen molar-refractivity contribution >= 4 is 0 Å². The summed E-state index contributed by atoms with van der Waals surface area (Å²) < 4.78 is 0. The number of fused-ring (bicyclic) bond motifs is 3. The molecule has 2 bridgehead atoms. The minimum atomic E-state index is 0.578. The van der Waals surface area contributed by atoms with E-state index in [0.717, 1.165) is 23.7 Å². The second kappa shape index (κ2) is 4.26. The summed E-state index contributed by atoms with van der Waals surface area (Å²) in [5, 5.41) is 0. The van der Waals surface area contributed by atoms with Gasteiger partial charge in [0.1, 0.15) is 0 Å². The molecule has 3 fully saturated rings. The molecule has 2 saturated carbocycles. The maximum absolute atomic E-state index is 2.77. The minimum Gasteiger partial charge on any atom is -0.300 e. The highest BCUT2D eigenvalue weighted by molar-refractivity contribution is 5.07. The van der Waals surface area contributed by atoms with Gasteiger partial charge in [0.05, 0.1) is 0 Å². The molecule has 0 aromatic heterocycles. The Morgan fingerprint density at radius 2 is 1.88 bits per heavy atom. The second-order valence-electron chi connectivity index (χ2n) is 7.38. The SMILES string of the molecule is CC1CCN(C)C2(C1)C(C)CC1CCCC2C1. The van der Waals surface area contributed by atoms with Gasteiger partial charge in [0.2, 0.25) is 0 Å². The molecule has 1 nitrogen and oxygen atoms in total. The zero-order valence-corrected chi connectivity index (χ0v) is 11.9. The maximum Gasteiger partial charge on any atom is 0.0262 e. The van der Waals surface area contributed by atoms with Crippen LogP contribution in [-0.2, 0) is 0 Å². The van der Waals surface area contributed by atoms with E-state index in [0.29, 0.717) is 5.54 Å². The Morgan fingerprint density at radius 3 is 2.71 bits per heavy atom. The largest absolute Gasteiger partial charge is 0.300 e. The summed E-state index contributed by atoms with van der Waals surface area (Å²) in [4.78, 5) is 2.77. The summed E-state index contributed by atoms with van der Waals surface area (Å²) in [7, 11) is 2.41. The van der Waals surface area contributed by atoms with Crippen molar-refractivity contribution in [3.63, 3.8) is 0 Å². The number of piperidine rings is 1. The third-order valence-corrected chi connectivity index (χ3v) is 6.37. The first-order chi connectivity index (χ1) is 8.13. The molecule has 1 saturated heterocycles. The van der Waals surface area contributed by atoms with Crippen molar-refractivity contribution in [3.05, 3.63) is 0 Å². The normalized spacial score (nSPS) is 51.7. The van der Waals surface area contributed by atoms with Crippen LogP contribution in [0.1, 0.15) is 58.8 Å². The molecule has 0 aromatic rings. The van der Waals surface area contributed by atoms with E-state index in [-0.39, 0.29) is 0 Å². The number of hydrogen-bond acceptors (Lipinski definition) is 1. The summed E-state index contributed by atoms with van der Waals surface area (Å²) >= 11 is 0. The molecule has 0 aromatic carbocycles. The highest BCUT2D eigenvalue weighted by Crippen LogP contribution is 2.54. The number of likely N-dealkylation sites (tertiary alicyclic amines) is 1. The summed E-state index contributed by atoms with van der Waals surface area (Å²) in [6, 6.07) is 0. The monoisotopic (exact) mass is 235 g/mol. The molecule has 17 heavy (non-hydrogen) atoms. The zero-order chi connectivity index (χ0) is 12.0. The average Bonchev–Trinajstić information content (AvgIpc) is 2.31. The Morgan fingerprint density at radius 1 is 1.06 bits per heavy atom. The number of nitrogens with zero attached hydrogens (tertiary/aromatic N) is 1. The van der Waals surface area contributed by atoms with Crippen LogP contribution in [-0.4, -0.2) is 24.0 Å². The Labute approximate surface area is 107 Å². The van der Waals surface area contributed by atoms with Crippen molar-refractivity contribution in [2.75, 3.05) is 13.6 Å². The molecule has 0 radical (unpaired) electrons. The Bertz CT molecular complexity index is 285. The van der Waals surface area contributed by atoms with Crippen LogP contribution < -0.4 is 0 Å². The average molecular weight is 235 g/mol. The van der Waals surface area contributed by atoms with Gasteiger partial charge in [-0.3, -0.25) is 0 Å². The smallest absolute Gasteiger partial charge is 0.0262 e. The summed E-state index contributed by atoms with van der Waals surface area (Å²) in [5.41, 5.74) is 0.578. The van der Waals surface area contributed by atoms with Gasteiger partial charge >= 0.3 is 0 Å². The van der Waals surface area contributed by atoms with Crippen molar-refractivity contribution in [3.8, 4) is 0 Å². The van der Waals surface area contributed by atoms with Crippen LogP contribution in [0.5, 0.6) is 0 Å². The molecular formula is C16H29N. The van der Waals surface area contributed by atoms with E-state index >= 15 is 0 Å². The molecule has 3 aliphatic rings. The van der Waals surface area contributed by atoms with E-state index in [2.05, 4.69) is 25.8 Å². The van der Waals surface area contributed by atoms with E-state index in [1.54, 1.807) is 6.42 Å². The maximum atomic E-state index is 2.77. The van der Waals surface area contributed by atoms with Crippen molar-refractivity contribution < 1.29 is 0 Å². The fourth-order valence-corrected chi connectivity index (χ4v) is 5.56. The first-order valence-corrected chi connectivity index (χ1v) is 7.84. The quantitative estimate of drug-likeness (QED) is 0.615. The van der Waals surface area contributed by atoms with Gasteiger partial charge in [-0.2, -0.15) is 0 Å². The summed E-state index contributed by atoms with van der Waals surface area (Å²) in [6.45, 7) is 6.38. The Hall–Kier alpha value is -0.0400. The lowest BCUT2D eigenvalue weighted by Crippen LogP contribution is -2.63. The Balaban J connectivity index is 1.91. The van der Waals surface area contributed by atoms with Crippen LogP contribution in [0.15, 0.2) is 0 Å². The van der Waals surface area contributed by atoms with Gasteiger partial charge in [0.15, 0.2) is 0 Å². The molecule has 1 heteroatoms. The molecule has 1 spiro atoms. The van der Waals surface area contributed by atoms with Gasteiger partial charge in [-0.05, 0) is 69.4 Å². The van der Waals surface area contributed by atoms with E-state index in [9.17, 15) is 0 Å². The van der Waals surface area contributed by atoms with Gasteiger partial charge in [0.25, 0.3) is 0 Å². The molecule has 2 aliphatic carbocycles. The van der Waals surface area contributed by atoms with Crippen LogP contribution in [0.25, 0.3) is 0 Å². The summed E-state index contributed by atoms with van der Waals surface area (Å²) in [5.74, 6) is 3.96. The third-order valence-electron chi connectivity index (χ3n) is 6.37. The highest BCUT2D eigenvalue weighted by Gasteiger charge is 2.53. The summed E-state index contributed by atoms with van der Waals surface area (Å²) in [6.07, 6.45) is 10.5. The molecule has 1 heterocycles. The minimum absolute atomic E-state index is 0.578. The van der Waals surface area contributed by atoms with Crippen LogP contribution in [0.2, 0.25) is 0 Å². The van der Waals surface area contributed by atoms with Gasteiger partial charge < -0.3 is 4.90 Å². The van der Waals surface area contributed by atoms with E-state index in [1.807, 2.05) is 0 Å². The van der Waals surface area contributed by atoms with E-state index in [4.69, 9.17) is 0 Å². The van der Waals surface area contributed by atoms with Gasteiger partial charge in [-0.1, -0.05) is 26.7 Å². The number of hydrogen-bond donors (Lipinski definition) is 0. The van der Waals surface area contributed by atoms with Crippen LogP contribution in [0.4, 0.5) is 0 Å². The van der Waals surface area contributed by atoms with Gasteiger partial charge in [-0.25, -0.2) is 0 Å². The lowest BCUT2D eigenvalue weighted by Gasteiger charge is -2.60. The molecule has 5 atom stereocenters. The predicted octanol–water partition coefficient (Wildman–Crippen LogP) is 3.93. The fourth-order valence-electron chi connectivity index (χ4n) is 5.56. The fraction of sp³-hybridized carbons (Fsp3) is 1.00. The van der Waals surface area contributed by atoms with Crippen LogP contribution in [0.3, 0.4) is 0 Å². The standard InChI is InChI=1S/C16H29N/c1-12-7-8-17(3)16(11-12)13(2)9-14-5-4-6-15(16)10-14/h12-15H,4-11H2,1-3H3. The van der Waals surface area contributed by atoms with Crippen molar-refractivity contribution in [1.29, 1.82) is 0 Å². The molecule has 0 amide bonds. The van der Waals surface area contributed by atoms with Crippen LogP contribution in [0, 0.1) is 23.7 Å².